The normalized spacial score (nSPS) is 21.2. The van der Waals surface area contributed by atoms with Gasteiger partial charge in [0.15, 0.2) is 0 Å². The summed E-state index contributed by atoms with van der Waals surface area (Å²) >= 11 is 0. The lowest BCUT2D eigenvalue weighted by molar-refractivity contribution is 0.0137. The van der Waals surface area contributed by atoms with Crippen molar-refractivity contribution in [1.82, 2.24) is 4.90 Å². The van der Waals surface area contributed by atoms with Gasteiger partial charge in [-0.1, -0.05) is 48.5 Å². The minimum Gasteiger partial charge on any atom is -0.496 e. The van der Waals surface area contributed by atoms with E-state index in [1.807, 2.05) is 19.2 Å². The SMILES string of the molecule is COc1ccccc1C1CCN(CCCc2ccccc2)CC1OC. The third-order valence-corrected chi connectivity index (χ3v) is 5.27. The van der Waals surface area contributed by atoms with E-state index >= 15 is 0 Å². The van der Waals surface area contributed by atoms with Crippen molar-refractivity contribution in [2.75, 3.05) is 33.9 Å². The molecule has 134 valence electrons. The summed E-state index contributed by atoms with van der Waals surface area (Å²) in [4.78, 5) is 2.54. The fourth-order valence-corrected chi connectivity index (χ4v) is 3.90. The van der Waals surface area contributed by atoms with Gasteiger partial charge in [-0.05, 0) is 49.5 Å². The van der Waals surface area contributed by atoms with E-state index in [0.717, 1.165) is 38.2 Å². The first-order chi connectivity index (χ1) is 12.3. The maximum absolute atomic E-state index is 5.86. The molecule has 3 nitrogen and oxygen atoms in total. The molecular formula is C22H29NO2. The van der Waals surface area contributed by atoms with Crippen molar-refractivity contribution in [2.45, 2.75) is 31.3 Å². The van der Waals surface area contributed by atoms with Crippen LogP contribution in [-0.4, -0.2) is 44.9 Å². The van der Waals surface area contributed by atoms with Crippen LogP contribution in [0.25, 0.3) is 0 Å². The van der Waals surface area contributed by atoms with Gasteiger partial charge in [0, 0.05) is 19.6 Å². The number of hydrogen-bond donors (Lipinski definition) is 0. The second-order valence-corrected chi connectivity index (χ2v) is 6.80. The van der Waals surface area contributed by atoms with Crippen LogP contribution in [0.2, 0.25) is 0 Å². The Balaban J connectivity index is 1.56. The second-order valence-electron chi connectivity index (χ2n) is 6.80. The quantitative estimate of drug-likeness (QED) is 0.757. The van der Waals surface area contributed by atoms with Crippen LogP contribution in [0.3, 0.4) is 0 Å². The molecule has 0 aliphatic carbocycles. The molecule has 2 aromatic carbocycles. The van der Waals surface area contributed by atoms with Crippen molar-refractivity contribution < 1.29 is 9.47 Å². The molecular weight excluding hydrogens is 310 g/mol. The van der Waals surface area contributed by atoms with Crippen LogP contribution in [0, 0.1) is 0 Å². The second kappa shape index (κ2) is 9.02. The number of methoxy groups -OCH3 is 2. The first-order valence-electron chi connectivity index (χ1n) is 9.24. The minimum atomic E-state index is 0.224. The molecule has 0 amide bonds. The summed E-state index contributed by atoms with van der Waals surface area (Å²) in [6.45, 7) is 3.25. The Morgan fingerprint density at radius 2 is 1.76 bits per heavy atom. The largest absolute Gasteiger partial charge is 0.496 e. The molecule has 1 saturated heterocycles. The highest BCUT2D eigenvalue weighted by Crippen LogP contribution is 2.35. The molecule has 3 rings (SSSR count). The van der Waals surface area contributed by atoms with Gasteiger partial charge in [-0.3, -0.25) is 0 Å². The molecule has 1 aliphatic heterocycles. The fraction of sp³-hybridized carbons (Fsp3) is 0.455. The average Bonchev–Trinajstić information content (AvgIpc) is 2.68. The van der Waals surface area contributed by atoms with Gasteiger partial charge in [0.05, 0.1) is 13.2 Å². The van der Waals surface area contributed by atoms with Gasteiger partial charge in [0.1, 0.15) is 5.75 Å². The smallest absolute Gasteiger partial charge is 0.122 e. The fourth-order valence-electron chi connectivity index (χ4n) is 3.90. The molecule has 2 atom stereocenters. The molecule has 0 radical (unpaired) electrons. The van der Waals surface area contributed by atoms with E-state index in [4.69, 9.17) is 9.47 Å². The minimum absolute atomic E-state index is 0.224. The number of ether oxygens (including phenoxy) is 2. The molecule has 25 heavy (non-hydrogen) atoms. The van der Waals surface area contributed by atoms with E-state index in [1.54, 1.807) is 7.11 Å². The highest BCUT2D eigenvalue weighted by atomic mass is 16.5. The molecule has 2 unspecified atom stereocenters. The van der Waals surface area contributed by atoms with Crippen molar-refractivity contribution in [3.63, 3.8) is 0 Å². The monoisotopic (exact) mass is 339 g/mol. The van der Waals surface area contributed by atoms with Crippen LogP contribution in [0.1, 0.15) is 29.9 Å². The number of rotatable bonds is 7. The van der Waals surface area contributed by atoms with Crippen molar-refractivity contribution in [1.29, 1.82) is 0 Å². The lowest BCUT2D eigenvalue weighted by Crippen LogP contribution is -2.44. The van der Waals surface area contributed by atoms with Crippen LogP contribution in [0.15, 0.2) is 54.6 Å². The zero-order valence-corrected chi connectivity index (χ0v) is 15.4. The van der Waals surface area contributed by atoms with Gasteiger partial charge in [0.2, 0.25) is 0 Å². The standard InChI is InChI=1S/C22H29NO2/c1-24-21-13-7-6-12-19(21)20-14-16-23(17-22(20)25-2)15-8-11-18-9-4-3-5-10-18/h3-7,9-10,12-13,20,22H,8,11,14-17H2,1-2H3. The molecule has 0 aromatic heterocycles. The maximum atomic E-state index is 5.86. The summed E-state index contributed by atoms with van der Waals surface area (Å²) < 4.78 is 11.4. The molecule has 1 heterocycles. The third kappa shape index (κ3) is 4.62. The summed E-state index contributed by atoms with van der Waals surface area (Å²) in [5.41, 5.74) is 2.70. The highest BCUT2D eigenvalue weighted by Gasteiger charge is 2.31. The van der Waals surface area contributed by atoms with E-state index in [1.165, 1.54) is 17.5 Å². The van der Waals surface area contributed by atoms with E-state index in [9.17, 15) is 0 Å². The zero-order chi connectivity index (χ0) is 17.5. The molecule has 1 fully saturated rings. The third-order valence-electron chi connectivity index (χ3n) is 5.27. The molecule has 0 N–H and O–H groups in total. The maximum Gasteiger partial charge on any atom is 0.122 e. The number of likely N-dealkylation sites (tertiary alicyclic amines) is 1. The Kier molecular flexibility index (Phi) is 6.48. The summed E-state index contributed by atoms with van der Waals surface area (Å²) in [5, 5.41) is 0. The van der Waals surface area contributed by atoms with Crippen LogP contribution in [-0.2, 0) is 11.2 Å². The Labute approximate surface area is 151 Å². The lowest BCUT2D eigenvalue weighted by atomic mass is 9.86. The lowest BCUT2D eigenvalue weighted by Gasteiger charge is -2.38. The van der Waals surface area contributed by atoms with Crippen LogP contribution >= 0.6 is 0 Å². The molecule has 2 aromatic rings. The number of para-hydroxylation sites is 1. The number of hydrogen-bond acceptors (Lipinski definition) is 3. The number of benzene rings is 2. The highest BCUT2D eigenvalue weighted by molar-refractivity contribution is 5.37. The number of aryl methyl sites for hydroxylation is 1. The van der Waals surface area contributed by atoms with Crippen molar-refractivity contribution in [3.05, 3.63) is 65.7 Å². The molecule has 0 bridgehead atoms. The molecule has 0 spiro atoms. The predicted octanol–water partition coefficient (Wildman–Crippen LogP) is 4.13. The van der Waals surface area contributed by atoms with Crippen molar-refractivity contribution >= 4 is 0 Å². The van der Waals surface area contributed by atoms with Gasteiger partial charge in [-0.15, -0.1) is 0 Å². The summed E-state index contributed by atoms with van der Waals surface area (Å²) in [6, 6.07) is 19.1. The first kappa shape index (κ1) is 18.0. The topological polar surface area (TPSA) is 21.7 Å². The van der Waals surface area contributed by atoms with Crippen LogP contribution in [0.5, 0.6) is 5.75 Å². The predicted molar refractivity (Wildman–Crippen MR) is 102 cm³/mol. The van der Waals surface area contributed by atoms with Crippen molar-refractivity contribution in [2.24, 2.45) is 0 Å². The zero-order valence-electron chi connectivity index (χ0n) is 15.4. The van der Waals surface area contributed by atoms with E-state index in [-0.39, 0.29) is 6.10 Å². The van der Waals surface area contributed by atoms with Crippen LogP contribution in [0.4, 0.5) is 0 Å². The summed E-state index contributed by atoms with van der Waals surface area (Å²) in [5.74, 6) is 1.39. The van der Waals surface area contributed by atoms with Gasteiger partial charge >= 0.3 is 0 Å². The molecule has 1 aliphatic rings. The van der Waals surface area contributed by atoms with Gasteiger partial charge in [-0.2, -0.15) is 0 Å². The van der Waals surface area contributed by atoms with E-state index < -0.39 is 0 Å². The Morgan fingerprint density at radius 1 is 1.00 bits per heavy atom. The van der Waals surface area contributed by atoms with Gasteiger partial charge < -0.3 is 14.4 Å². The molecule has 3 heteroatoms. The number of piperidine rings is 1. The van der Waals surface area contributed by atoms with E-state index in [0.29, 0.717) is 5.92 Å². The Bertz CT molecular complexity index is 643. The average molecular weight is 339 g/mol. The summed E-state index contributed by atoms with van der Waals surface area (Å²) in [7, 11) is 3.58. The van der Waals surface area contributed by atoms with Gasteiger partial charge in [-0.25, -0.2) is 0 Å². The van der Waals surface area contributed by atoms with Gasteiger partial charge in [0.25, 0.3) is 0 Å². The summed E-state index contributed by atoms with van der Waals surface area (Å²) in [6.07, 6.45) is 3.68. The first-order valence-corrected chi connectivity index (χ1v) is 9.24. The Hall–Kier alpha value is -1.84. The molecule has 0 saturated carbocycles. The number of nitrogens with zero attached hydrogens (tertiary/aromatic N) is 1. The van der Waals surface area contributed by atoms with Crippen LogP contribution < -0.4 is 4.74 Å². The van der Waals surface area contributed by atoms with E-state index in [2.05, 4.69) is 47.4 Å². The Morgan fingerprint density at radius 3 is 2.52 bits per heavy atom. The van der Waals surface area contributed by atoms with Crippen molar-refractivity contribution in [3.8, 4) is 5.75 Å².